The van der Waals surface area contributed by atoms with Crippen molar-refractivity contribution in [2.75, 3.05) is 19.8 Å². The van der Waals surface area contributed by atoms with E-state index in [0.29, 0.717) is 19.8 Å². The first kappa shape index (κ1) is 23.6. The Labute approximate surface area is 190 Å². The molecule has 0 saturated carbocycles. The normalized spacial score (nSPS) is 11.9. The molecule has 3 aromatic rings. The predicted octanol–water partition coefficient (Wildman–Crippen LogP) is 6.14. The van der Waals surface area contributed by atoms with Crippen molar-refractivity contribution in [1.82, 2.24) is 5.32 Å². The summed E-state index contributed by atoms with van der Waals surface area (Å²) in [6, 6.07) is 12.2. The Morgan fingerprint density at radius 3 is 2.66 bits per heavy atom. The highest BCUT2D eigenvalue weighted by Crippen LogP contribution is 2.40. The summed E-state index contributed by atoms with van der Waals surface area (Å²) in [5, 5.41) is 3.94. The molecule has 0 saturated heterocycles. The molecule has 0 unspecified atom stereocenters. The molecule has 32 heavy (non-hydrogen) atoms. The van der Waals surface area contributed by atoms with Crippen LogP contribution in [0, 0.1) is 6.92 Å². The molecular formula is C27H33NO4. The average Bonchev–Trinajstić information content (AvgIpc) is 3.20. The number of aryl methyl sites for hydroxylation is 1. The van der Waals surface area contributed by atoms with Gasteiger partial charge in [0.15, 0.2) is 0 Å². The molecule has 170 valence electrons. The molecule has 1 heterocycles. The summed E-state index contributed by atoms with van der Waals surface area (Å²) in [4.78, 5) is 12.5. The van der Waals surface area contributed by atoms with Gasteiger partial charge in [-0.1, -0.05) is 30.3 Å². The molecule has 1 amide bonds. The zero-order valence-electron chi connectivity index (χ0n) is 19.7. The summed E-state index contributed by atoms with van der Waals surface area (Å²) in [5.41, 5.74) is 5.58. The Hall–Kier alpha value is -3.05. The van der Waals surface area contributed by atoms with Crippen molar-refractivity contribution >= 4 is 22.4 Å². The van der Waals surface area contributed by atoms with Gasteiger partial charge in [0.2, 0.25) is 5.91 Å². The number of fused-ring (bicyclic) bond motifs is 1. The quantitative estimate of drug-likeness (QED) is 0.307. The molecule has 1 N–H and O–H groups in total. The molecule has 5 heteroatoms. The van der Waals surface area contributed by atoms with Gasteiger partial charge >= 0.3 is 0 Å². The predicted molar refractivity (Wildman–Crippen MR) is 130 cm³/mol. The molecule has 1 aromatic heterocycles. The van der Waals surface area contributed by atoms with Gasteiger partial charge < -0.3 is 19.2 Å². The minimum absolute atomic E-state index is 0.122. The van der Waals surface area contributed by atoms with E-state index in [1.165, 1.54) is 0 Å². The Bertz CT molecular complexity index is 1080. The molecule has 0 aliphatic carbocycles. The fourth-order valence-electron chi connectivity index (χ4n) is 3.71. The summed E-state index contributed by atoms with van der Waals surface area (Å²) in [6.45, 7) is 11.6. The van der Waals surface area contributed by atoms with E-state index in [0.717, 1.165) is 51.0 Å². The van der Waals surface area contributed by atoms with Gasteiger partial charge in [0.05, 0.1) is 19.0 Å². The van der Waals surface area contributed by atoms with E-state index in [1.807, 2.05) is 52.8 Å². The molecule has 0 aliphatic heterocycles. The van der Waals surface area contributed by atoms with Gasteiger partial charge in [-0.05, 0) is 58.2 Å². The number of furan rings is 1. The smallest absolute Gasteiger partial charge is 0.244 e. The Kier molecular flexibility index (Phi) is 8.12. The van der Waals surface area contributed by atoms with E-state index in [4.69, 9.17) is 13.9 Å². The second-order valence-corrected chi connectivity index (χ2v) is 8.09. The van der Waals surface area contributed by atoms with Crippen LogP contribution < -0.4 is 10.1 Å². The molecule has 0 spiro atoms. The van der Waals surface area contributed by atoms with Crippen LogP contribution >= 0.6 is 0 Å². The van der Waals surface area contributed by atoms with Crippen molar-refractivity contribution < 1.29 is 18.7 Å². The number of amides is 1. The Balaban J connectivity index is 1.90. The average molecular weight is 436 g/mol. The van der Waals surface area contributed by atoms with Crippen molar-refractivity contribution in [1.29, 1.82) is 0 Å². The van der Waals surface area contributed by atoms with Crippen LogP contribution in [-0.2, 0) is 9.53 Å². The van der Waals surface area contributed by atoms with Crippen molar-refractivity contribution in [2.45, 2.75) is 47.1 Å². The first-order valence-electron chi connectivity index (χ1n) is 11.2. The summed E-state index contributed by atoms with van der Waals surface area (Å²) < 4.78 is 17.4. The van der Waals surface area contributed by atoms with Crippen LogP contribution in [0.2, 0.25) is 0 Å². The maximum Gasteiger partial charge on any atom is 0.244 e. The van der Waals surface area contributed by atoms with Gasteiger partial charge in [0.25, 0.3) is 0 Å². The third-order valence-corrected chi connectivity index (χ3v) is 5.26. The second kappa shape index (κ2) is 11.0. The standard InChI is InChI=1S/C27H33NO4/c1-6-30-26-20(5)27-23(24(17-32-27)21-11-8-7-9-12-21)16-22(26)19(4)15-25(29)28-13-10-14-31-18(2)3/h7-9,11-12,15-18H,6,10,13-14H2,1-5H3,(H,28,29)/b19-15+. The number of hydrogen-bond acceptors (Lipinski definition) is 4. The number of benzene rings is 2. The number of carbonyl (C=O) groups excluding carboxylic acids is 1. The minimum atomic E-state index is -0.122. The summed E-state index contributed by atoms with van der Waals surface area (Å²) in [5.74, 6) is 0.628. The maximum absolute atomic E-state index is 12.5. The number of nitrogens with one attached hydrogen (secondary N) is 1. The highest BCUT2D eigenvalue weighted by molar-refractivity contribution is 6.01. The van der Waals surface area contributed by atoms with Crippen molar-refractivity contribution in [3.05, 3.63) is 59.9 Å². The highest BCUT2D eigenvalue weighted by atomic mass is 16.5. The SMILES string of the molecule is CCOc1c(/C(C)=C/C(=O)NCCCOC(C)C)cc2c(-c3ccccc3)coc2c1C. The van der Waals surface area contributed by atoms with Crippen LogP contribution in [0.15, 0.2) is 53.2 Å². The molecule has 5 nitrogen and oxygen atoms in total. The minimum Gasteiger partial charge on any atom is -0.493 e. The van der Waals surface area contributed by atoms with Gasteiger partial charge in [0, 0.05) is 41.3 Å². The van der Waals surface area contributed by atoms with Crippen LogP contribution in [0.1, 0.15) is 45.2 Å². The van der Waals surface area contributed by atoms with Gasteiger partial charge in [0.1, 0.15) is 11.3 Å². The largest absolute Gasteiger partial charge is 0.493 e. The number of carbonyl (C=O) groups is 1. The summed E-state index contributed by atoms with van der Waals surface area (Å²) >= 11 is 0. The zero-order valence-corrected chi connectivity index (χ0v) is 19.7. The lowest BCUT2D eigenvalue weighted by atomic mass is 9.96. The van der Waals surface area contributed by atoms with Crippen LogP contribution in [-0.4, -0.2) is 31.8 Å². The monoisotopic (exact) mass is 435 g/mol. The van der Waals surface area contributed by atoms with Crippen molar-refractivity contribution in [3.63, 3.8) is 0 Å². The highest BCUT2D eigenvalue weighted by Gasteiger charge is 2.19. The fourth-order valence-corrected chi connectivity index (χ4v) is 3.71. The van der Waals surface area contributed by atoms with E-state index in [1.54, 1.807) is 12.3 Å². The van der Waals surface area contributed by atoms with Crippen LogP contribution in [0.5, 0.6) is 5.75 Å². The van der Waals surface area contributed by atoms with Gasteiger partial charge in [-0.15, -0.1) is 0 Å². The molecule has 0 radical (unpaired) electrons. The Morgan fingerprint density at radius 2 is 1.97 bits per heavy atom. The van der Waals surface area contributed by atoms with Crippen LogP contribution in [0.3, 0.4) is 0 Å². The second-order valence-electron chi connectivity index (χ2n) is 8.09. The van der Waals surface area contributed by atoms with Gasteiger partial charge in [-0.3, -0.25) is 4.79 Å². The van der Waals surface area contributed by atoms with E-state index in [-0.39, 0.29) is 12.0 Å². The first-order chi connectivity index (χ1) is 15.4. The van der Waals surface area contributed by atoms with E-state index >= 15 is 0 Å². The first-order valence-corrected chi connectivity index (χ1v) is 11.2. The molecule has 0 atom stereocenters. The molecule has 0 aliphatic rings. The van der Waals surface area contributed by atoms with E-state index < -0.39 is 0 Å². The number of rotatable bonds is 10. The molecule has 2 aromatic carbocycles. The van der Waals surface area contributed by atoms with Crippen molar-refractivity contribution in [3.8, 4) is 16.9 Å². The Morgan fingerprint density at radius 1 is 1.22 bits per heavy atom. The van der Waals surface area contributed by atoms with Crippen LogP contribution in [0.4, 0.5) is 0 Å². The molecule has 0 bridgehead atoms. The van der Waals surface area contributed by atoms with Gasteiger partial charge in [-0.2, -0.15) is 0 Å². The molecule has 0 fully saturated rings. The van der Waals surface area contributed by atoms with E-state index in [2.05, 4.69) is 23.5 Å². The fraction of sp³-hybridized carbons (Fsp3) is 0.370. The van der Waals surface area contributed by atoms with E-state index in [9.17, 15) is 4.79 Å². The van der Waals surface area contributed by atoms with Crippen LogP contribution in [0.25, 0.3) is 27.7 Å². The maximum atomic E-state index is 12.5. The lowest BCUT2D eigenvalue weighted by Crippen LogP contribution is -2.23. The number of hydrogen-bond donors (Lipinski definition) is 1. The third kappa shape index (κ3) is 5.60. The third-order valence-electron chi connectivity index (χ3n) is 5.26. The zero-order chi connectivity index (χ0) is 23.1. The van der Waals surface area contributed by atoms with Crippen molar-refractivity contribution in [2.24, 2.45) is 0 Å². The lowest BCUT2D eigenvalue weighted by Gasteiger charge is -2.15. The lowest BCUT2D eigenvalue weighted by molar-refractivity contribution is -0.116. The summed E-state index contributed by atoms with van der Waals surface area (Å²) in [7, 11) is 0. The number of allylic oxidation sites excluding steroid dienone is 1. The molecule has 3 rings (SSSR count). The topological polar surface area (TPSA) is 60.7 Å². The van der Waals surface area contributed by atoms with Gasteiger partial charge in [-0.25, -0.2) is 0 Å². The summed E-state index contributed by atoms with van der Waals surface area (Å²) in [6.07, 6.45) is 4.40. The molecular weight excluding hydrogens is 402 g/mol. The number of ether oxygens (including phenoxy) is 2.